The second-order valence-corrected chi connectivity index (χ2v) is 6.46. The maximum atomic E-state index is 12.3. The van der Waals surface area contributed by atoms with Gasteiger partial charge in [0.1, 0.15) is 0 Å². The molecule has 4 heteroatoms. The maximum absolute atomic E-state index is 12.3. The Balaban J connectivity index is 1.79. The van der Waals surface area contributed by atoms with E-state index in [1.165, 1.54) is 11.1 Å². The molecular formula is C16H13ClINO. The minimum Gasteiger partial charge on any atom is -0.345 e. The zero-order valence-corrected chi connectivity index (χ0v) is 13.6. The Kier molecular flexibility index (Phi) is 3.98. The first-order valence-corrected chi connectivity index (χ1v) is 7.94. The second-order valence-electron chi connectivity index (χ2n) is 4.89. The summed E-state index contributed by atoms with van der Waals surface area (Å²) < 4.78 is 0.951. The van der Waals surface area contributed by atoms with Crippen LogP contribution in [0.15, 0.2) is 42.5 Å². The molecule has 0 aliphatic heterocycles. The van der Waals surface area contributed by atoms with Gasteiger partial charge < -0.3 is 5.32 Å². The van der Waals surface area contributed by atoms with Crippen molar-refractivity contribution < 1.29 is 4.79 Å². The van der Waals surface area contributed by atoms with Crippen molar-refractivity contribution >= 4 is 40.1 Å². The van der Waals surface area contributed by atoms with E-state index < -0.39 is 0 Å². The lowest BCUT2D eigenvalue weighted by Gasteiger charge is -2.14. The zero-order valence-electron chi connectivity index (χ0n) is 10.7. The van der Waals surface area contributed by atoms with E-state index >= 15 is 0 Å². The first kappa shape index (κ1) is 13.9. The lowest BCUT2D eigenvalue weighted by Crippen LogP contribution is -2.27. The molecule has 1 aliphatic rings. The SMILES string of the molecule is O=C(NC1CCc2ccccc21)c1ccc(I)c(Cl)c1. The minimum atomic E-state index is -0.0648. The van der Waals surface area contributed by atoms with Crippen LogP contribution in [-0.4, -0.2) is 5.91 Å². The summed E-state index contributed by atoms with van der Waals surface area (Å²) in [6, 6.07) is 13.8. The summed E-state index contributed by atoms with van der Waals surface area (Å²) >= 11 is 8.22. The van der Waals surface area contributed by atoms with Crippen molar-refractivity contribution in [3.8, 4) is 0 Å². The smallest absolute Gasteiger partial charge is 0.251 e. The van der Waals surface area contributed by atoms with Crippen molar-refractivity contribution in [2.75, 3.05) is 0 Å². The Hall–Kier alpha value is -1.07. The van der Waals surface area contributed by atoms with Crippen LogP contribution < -0.4 is 5.32 Å². The zero-order chi connectivity index (χ0) is 14.1. The highest BCUT2D eigenvalue weighted by Crippen LogP contribution is 2.31. The third-order valence-corrected chi connectivity index (χ3v) is 5.19. The quantitative estimate of drug-likeness (QED) is 0.750. The molecule has 102 valence electrons. The van der Waals surface area contributed by atoms with Crippen LogP contribution in [0.25, 0.3) is 0 Å². The van der Waals surface area contributed by atoms with Gasteiger partial charge in [0.15, 0.2) is 0 Å². The molecule has 20 heavy (non-hydrogen) atoms. The molecule has 0 radical (unpaired) electrons. The lowest BCUT2D eigenvalue weighted by atomic mass is 10.1. The molecule has 0 heterocycles. The van der Waals surface area contributed by atoms with Crippen LogP contribution in [0.4, 0.5) is 0 Å². The van der Waals surface area contributed by atoms with Crippen LogP contribution in [0, 0.1) is 3.57 Å². The van der Waals surface area contributed by atoms with Crippen molar-refractivity contribution in [3.05, 3.63) is 67.7 Å². The molecule has 0 saturated carbocycles. The van der Waals surface area contributed by atoms with E-state index in [9.17, 15) is 4.79 Å². The fraction of sp³-hybridized carbons (Fsp3) is 0.188. The van der Waals surface area contributed by atoms with Crippen molar-refractivity contribution in [1.82, 2.24) is 5.32 Å². The van der Waals surface area contributed by atoms with Gasteiger partial charge in [-0.25, -0.2) is 0 Å². The summed E-state index contributed by atoms with van der Waals surface area (Å²) in [5.41, 5.74) is 3.18. The molecule has 3 rings (SSSR count). The number of carbonyl (C=O) groups is 1. The molecule has 0 fully saturated rings. The summed E-state index contributed by atoms with van der Waals surface area (Å²) in [6.45, 7) is 0. The Morgan fingerprint density at radius 2 is 2.05 bits per heavy atom. The molecule has 1 unspecified atom stereocenters. The highest BCUT2D eigenvalue weighted by Gasteiger charge is 2.23. The molecule has 1 N–H and O–H groups in total. The van der Waals surface area contributed by atoms with Crippen LogP contribution in [0.5, 0.6) is 0 Å². The number of benzene rings is 2. The summed E-state index contributed by atoms with van der Waals surface area (Å²) in [4.78, 5) is 12.3. The molecule has 2 aromatic rings. The number of rotatable bonds is 2. The first-order valence-electron chi connectivity index (χ1n) is 6.49. The van der Waals surface area contributed by atoms with Gasteiger partial charge in [-0.15, -0.1) is 0 Å². The van der Waals surface area contributed by atoms with Crippen molar-refractivity contribution in [1.29, 1.82) is 0 Å². The van der Waals surface area contributed by atoms with Gasteiger partial charge in [0.05, 0.1) is 11.1 Å². The van der Waals surface area contributed by atoms with Gasteiger partial charge in [-0.2, -0.15) is 0 Å². The molecule has 2 nitrogen and oxygen atoms in total. The van der Waals surface area contributed by atoms with E-state index in [1.54, 1.807) is 6.07 Å². The summed E-state index contributed by atoms with van der Waals surface area (Å²) in [5.74, 6) is -0.0648. The van der Waals surface area contributed by atoms with Gasteiger partial charge >= 0.3 is 0 Å². The lowest BCUT2D eigenvalue weighted by molar-refractivity contribution is 0.0936. The summed E-state index contributed by atoms with van der Waals surface area (Å²) in [7, 11) is 0. The molecule has 1 amide bonds. The highest BCUT2D eigenvalue weighted by atomic mass is 127. The largest absolute Gasteiger partial charge is 0.345 e. The Bertz CT molecular complexity index is 671. The topological polar surface area (TPSA) is 29.1 Å². The molecule has 1 aliphatic carbocycles. The van der Waals surface area contributed by atoms with Crippen molar-refractivity contribution in [3.63, 3.8) is 0 Å². The molecule has 0 spiro atoms. The number of amides is 1. The minimum absolute atomic E-state index is 0.0648. The third-order valence-electron chi connectivity index (χ3n) is 3.62. The molecular weight excluding hydrogens is 385 g/mol. The summed E-state index contributed by atoms with van der Waals surface area (Å²) in [5, 5.41) is 3.71. The van der Waals surface area contributed by atoms with Gasteiger partial charge in [0.25, 0.3) is 5.91 Å². The van der Waals surface area contributed by atoms with E-state index in [2.05, 4.69) is 40.0 Å². The number of hydrogen-bond acceptors (Lipinski definition) is 1. The van der Waals surface area contributed by atoms with E-state index in [0.717, 1.165) is 16.4 Å². The number of fused-ring (bicyclic) bond motifs is 1. The predicted molar refractivity (Wildman–Crippen MR) is 89.1 cm³/mol. The second kappa shape index (κ2) is 5.74. The number of halogens is 2. The van der Waals surface area contributed by atoms with Crippen LogP contribution in [0.2, 0.25) is 5.02 Å². The molecule has 0 saturated heterocycles. The summed E-state index contributed by atoms with van der Waals surface area (Å²) in [6.07, 6.45) is 1.98. The third kappa shape index (κ3) is 2.69. The number of aryl methyl sites for hydroxylation is 1. The van der Waals surface area contributed by atoms with E-state index in [1.807, 2.05) is 24.3 Å². The van der Waals surface area contributed by atoms with E-state index in [-0.39, 0.29) is 11.9 Å². The van der Waals surface area contributed by atoms with Crippen LogP contribution in [0.1, 0.15) is 33.9 Å². The van der Waals surface area contributed by atoms with E-state index in [4.69, 9.17) is 11.6 Å². The Labute approximate surface area is 136 Å². The average molecular weight is 398 g/mol. The van der Waals surface area contributed by atoms with Gasteiger partial charge in [0.2, 0.25) is 0 Å². The monoisotopic (exact) mass is 397 g/mol. The van der Waals surface area contributed by atoms with Crippen molar-refractivity contribution in [2.24, 2.45) is 0 Å². The fourth-order valence-corrected chi connectivity index (χ4v) is 3.10. The molecule has 2 aromatic carbocycles. The van der Waals surface area contributed by atoms with Gasteiger partial charge in [0, 0.05) is 9.13 Å². The molecule has 1 atom stereocenters. The number of carbonyl (C=O) groups excluding carboxylic acids is 1. The first-order chi connectivity index (χ1) is 9.65. The van der Waals surface area contributed by atoms with Gasteiger partial charge in [-0.1, -0.05) is 35.9 Å². The maximum Gasteiger partial charge on any atom is 0.251 e. The van der Waals surface area contributed by atoms with Gasteiger partial charge in [-0.3, -0.25) is 4.79 Å². The predicted octanol–water partition coefficient (Wildman–Crippen LogP) is 4.36. The molecule has 0 bridgehead atoms. The van der Waals surface area contributed by atoms with Crippen LogP contribution >= 0.6 is 34.2 Å². The van der Waals surface area contributed by atoms with Gasteiger partial charge in [-0.05, 0) is 64.8 Å². The average Bonchev–Trinajstić information content (AvgIpc) is 2.85. The van der Waals surface area contributed by atoms with E-state index in [0.29, 0.717) is 10.6 Å². The standard InChI is InChI=1S/C16H13ClINO/c17-13-9-11(5-7-14(13)18)16(20)19-15-8-6-10-3-1-2-4-12(10)15/h1-5,7,9,15H,6,8H2,(H,19,20). The Morgan fingerprint density at radius 3 is 2.85 bits per heavy atom. The normalized spacial score (nSPS) is 16.8. The number of nitrogens with one attached hydrogen (secondary N) is 1. The van der Waals surface area contributed by atoms with Crippen molar-refractivity contribution in [2.45, 2.75) is 18.9 Å². The highest BCUT2D eigenvalue weighted by molar-refractivity contribution is 14.1. The fourth-order valence-electron chi connectivity index (χ4n) is 2.59. The van der Waals surface area contributed by atoms with Crippen LogP contribution in [0.3, 0.4) is 0 Å². The Morgan fingerprint density at radius 1 is 1.25 bits per heavy atom. The molecule has 0 aromatic heterocycles. The van der Waals surface area contributed by atoms with Crippen LogP contribution in [-0.2, 0) is 6.42 Å². The number of hydrogen-bond donors (Lipinski definition) is 1.